The highest BCUT2D eigenvalue weighted by molar-refractivity contribution is 5.13. The molecule has 3 unspecified atom stereocenters. The molecule has 0 spiro atoms. The third-order valence-corrected chi connectivity index (χ3v) is 3.49. The maximum absolute atomic E-state index is 4.34. The Morgan fingerprint density at radius 3 is 2.64 bits per heavy atom. The molecule has 3 atom stereocenters. The SMILES string of the molecule is CNC(c1cnc(C)n1C)C1CC1C. The average molecular weight is 193 g/mol. The van der Waals surface area contributed by atoms with E-state index in [0.717, 1.165) is 17.7 Å². The van der Waals surface area contributed by atoms with E-state index in [2.05, 4.69) is 28.8 Å². The van der Waals surface area contributed by atoms with Crippen LogP contribution in [0.4, 0.5) is 0 Å². The van der Waals surface area contributed by atoms with Crippen LogP contribution < -0.4 is 5.32 Å². The Kier molecular flexibility index (Phi) is 2.35. The second-order valence-corrected chi connectivity index (χ2v) is 4.43. The van der Waals surface area contributed by atoms with E-state index in [-0.39, 0.29) is 0 Å². The van der Waals surface area contributed by atoms with Crippen LogP contribution in [0.25, 0.3) is 0 Å². The third-order valence-electron chi connectivity index (χ3n) is 3.49. The minimum absolute atomic E-state index is 0.483. The van der Waals surface area contributed by atoms with Crippen molar-refractivity contribution < 1.29 is 0 Å². The van der Waals surface area contributed by atoms with Crippen LogP contribution in [0.3, 0.4) is 0 Å². The van der Waals surface area contributed by atoms with Gasteiger partial charge < -0.3 is 9.88 Å². The molecule has 1 aliphatic carbocycles. The molecule has 0 radical (unpaired) electrons. The molecular formula is C11H19N3. The van der Waals surface area contributed by atoms with Gasteiger partial charge in [0, 0.05) is 7.05 Å². The van der Waals surface area contributed by atoms with Gasteiger partial charge in [0.05, 0.1) is 17.9 Å². The predicted octanol–water partition coefficient (Wildman–Crippen LogP) is 1.65. The van der Waals surface area contributed by atoms with Gasteiger partial charge in [-0.2, -0.15) is 0 Å². The van der Waals surface area contributed by atoms with E-state index >= 15 is 0 Å². The summed E-state index contributed by atoms with van der Waals surface area (Å²) in [5, 5.41) is 3.40. The Labute approximate surface area is 85.5 Å². The van der Waals surface area contributed by atoms with Gasteiger partial charge in [-0.15, -0.1) is 0 Å². The van der Waals surface area contributed by atoms with Gasteiger partial charge in [-0.1, -0.05) is 6.92 Å². The molecule has 1 aromatic rings. The number of imidazole rings is 1. The molecule has 0 saturated heterocycles. The van der Waals surface area contributed by atoms with Crippen LogP contribution in [0.1, 0.15) is 30.9 Å². The zero-order chi connectivity index (χ0) is 10.3. The molecule has 3 nitrogen and oxygen atoms in total. The fourth-order valence-corrected chi connectivity index (χ4v) is 2.21. The van der Waals surface area contributed by atoms with Crippen molar-refractivity contribution in [3.8, 4) is 0 Å². The van der Waals surface area contributed by atoms with Crippen LogP contribution in [0.2, 0.25) is 0 Å². The summed E-state index contributed by atoms with van der Waals surface area (Å²) < 4.78 is 2.19. The second kappa shape index (κ2) is 3.39. The van der Waals surface area contributed by atoms with Crippen molar-refractivity contribution in [3.05, 3.63) is 17.7 Å². The summed E-state index contributed by atoms with van der Waals surface area (Å²) in [5.41, 5.74) is 1.32. The van der Waals surface area contributed by atoms with Crippen molar-refractivity contribution in [3.63, 3.8) is 0 Å². The van der Waals surface area contributed by atoms with Gasteiger partial charge in [0.25, 0.3) is 0 Å². The molecule has 1 saturated carbocycles. The van der Waals surface area contributed by atoms with Gasteiger partial charge in [0.15, 0.2) is 0 Å². The largest absolute Gasteiger partial charge is 0.334 e. The lowest BCUT2D eigenvalue weighted by Crippen LogP contribution is -2.21. The minimum atomic E-state index is 0.483. The van der Waals surface area contributed by atoms with E-state index in [1.165, 1.54) is 12.1 Å². The van der Waals surface area contributed by atoms with Crippen LogP contribution in [0.5, 0.6) is 0 Å². The van der Waals surface area contributed by atoms with Crippen molar-refractivity contribution in [1.82, 2.24) is 14.9 Å². The lowest BCUT2D eigenvalue weighted by atomic mass is 10.1. The Balaban J connectivity index is 2.23. The molecule has 1 fully saturated rings. The summed E-state index contributed by atoms with van der Waals surface area (Å²) in [7, 11) is 4.13. The minimum Gasteiger partial charge on any atom is -0.334 e. The van der Waals surface area contributed by atoms with Crippen LogP contribution in [0.15, 0.2) is 6.20 Å². The molecule has 1 N–H and O–H groups in total. The lowest BCUT2D eigenvalue weighted by molar-refractivity contribution is 0.477. The number of aromatic nitrogens is 2. The summed E-state index contributed by atoms with van der Waals surface area (Å²) in [6.07, 6.45) is 3.34. The standard InChI is InChI=1S/C11H19N3/c1-7-5-9(7)11(12-3)10-6-13-8(2)14(10)4/h6-7,9,11-12H,5H2,1-4H3. The first-order valence-electron chi connectivity index (χ1n) is 5.30. The Morgan fingerprint density at radius 2 is 2.29 bits per heavy atom. The zero-order valence-corrected chi connectivity index (χ0v) is 9.41. The van der Waals surface area contributed by atoms with Crippen molar-refractivity contribution in [1.29, 1.82) is 0 Å². The molecule has 1 heterocycles. The lowest BCUT2D eigenvalue weighted by Gasteiger charge is -2.16. The summed E-state index contributed by atoms with van der Waals surface area (Å²) >= 11 is 0. The topological polar surface area (TPSA) is 29.9 Å². The number of aryl methyl sites for hydroxylation is 1. The van der Waals surface area contributed by atoms with Crippen molar-refractivity contribution >= 4 is 0 Å². The number of nitrogens with one attached hydrogen (secondary N) is 1. The van der Waals surface area contributed by atoms with E-state index in [9.17, 15) is 0 Å². The smallest absolute Gasteiger partial charge is 0.105 e. The first kappa shape index (κ1) is 9.71. The molecule has 0 aliphatic heterocycles. The fraction of sp³-hybridized carbons (Fsp3) is 0.727. The first-order chi connectivity index (χ1) is 6.65. The van der Waals surface area contributed by atoms with Crippen LogP contribution in [-0.4, -0.2) is 16.6 Å². The summed E-state index contributed by atoms with van der Waals surface area (Å²) in [6.45, 7) is 4.37. The first-order valence-corrected chi connectivity index (χ1v) is 5.30. The van der Waals surface area contributed by atoms with Gasteiger partial charge in [0.2, 0.25) is 0 Å². The number of rotatable bonds is 3. The van der Waals surface area contributed by atoms with Crippen molar-refractivity contribution in [2.45, 2.75) is 26.3 Å². The van der Waals surface area contributed by atoms with E-state index in [4.69, 9.17) is 0 Å². The molecule has 2 rings (SSSR count). The summed E-state index contributed by atoms with van der Waals surface area (Å²) in [4.78, 5) is 4.34. The highest BCUT2D eigenvalue weighted by Crippen LogP contribution is 2.46. The molecule has 0 amide bonds. The Morgan fingerprint density at radius 1 is 1.64 bits per heavy atom. The fourth-order valence-electron chi connectivity index (χ4n) is 2.21. The molecular weight excluding hydrogens is 174 g/mol. The summed E-state index contributed by atoms with van der Waals surface area (Å²) in [5.74, 6) is 2.76. The van der Waals surface area contributed by atoms with E-state index in [0.29, 0.717) is 6.04 Å². The molecule has 0 bridgehead atoms. The number of hydrogen-bond donors (Lipinski definition) is 1. The average Bonchev–Trinajstić information content (AvgIpc) is 2.79. The van der Waals surface area contributed by atoms with Crippen LogP contribution >= 0.6 is 0 Å². The Bertz CT molecular complexity index is 329. The molecule has 78 valence electrons. The van der Waals surface area contributed by atoms with Crippen molar-refractivity contribution in [2.24, 2.45) is 18.9 Å². The van der Waals surface area contributed by atoms with Crippen molar-refractivity contribution in [2.75, 3.05) is 7.05 Å². The summed E-state index contributed by atoms with van der Waals surface area (Å²) in [6, 6.07) is 0.483. The third kappa shape index (κ3) is 1.46. The Hall–Kier alpha value is -0.830. The highest BCUT2D eigenvalue weighted by Gasteiger charge is 2.40. The molecule has 1 aliphatic rings. The quantitative estimate of drug-likeness (QED) is 0.791. The van der Waals surface area contributed by atoms with Crippen LogP contribution in [0, 0.1) is 18.8 Å². The van der Waals surface area contributed by atoms with Crippen LogP contribution in [-0.2, 0) is 7.05 Å². The van der Waals surface area contributed by atoms with E-state index in [1.807, 2.05) is 20.2 Å². The van der Waals surface area contributed by atoms with Gasteiger partial charge in [0.1, 0.15) is 5.82 Å². The van der Waals surface area contributed by atoms with Gasteiger partial charge in [-0.3, -0.25) is 0 Å². The number of nitrogens with zero attached hydrogens (tertiary/aromatic N) is 2. The predicted molar refractivity (Wildman–Crippen MR) is 57.0 cm³/mol. The van der Waals surface area contributed by atoms with Gasteiger partial charge in [-0.25, -0.2) is 4.98 Å². The zero-order valence-electron chi connectivity index (χ0n) is 9.41. The van der Waals surface area contributed by atoms with Gasteiger partial charge >= 0.3 is 0 Å². The molecule has 3 heteroatoms. The molecule has 1 aromatic heterocycles. The monoisotopic (exact) mass is 193 g/mol. The highest BCUT2D eigenvalue weighted by atomic mass is 15.1. The number of hydrogen-bond acceptors (Lipinski definition) is 2. The normalized spacial score (nSPS) is 27.7. The van der Waals surface area contributed by atoms with Gasteiger partial charge in [-0.05, 0) is 32.2 Å². The maximum atomic E-state index is 4.34. The molecule has 14 heavy (non-hydrogen) atoms. The second-order valence-electron chi connectivity index (χ2n) is 4.43. The maximum Gasteiger partial charge on any atom is 0.105 e. The van der Waals surface area contributed by atoms with E-state index < -0.39 is 0 Å². The van der Waals surface area contributed by atoms with E-state index in [1.54, 1.807) is 0 Å². The molecule has 0 aromatic carbocycles.